The van der Waals surface area contributed by atoms with Crippen LogP contribution in [-0.2, 0) is 9.63 Å². The van der Waals surface area contributed by atoms with Gasteiger partial charge in [0.2, 0.25) is 0 Å². The number of hydroxylamine groups is 2. The Morgan fingerprint density at radius 1 is 1.42 bits per heavy atom. The Morgan fingerprint density at radius 2 is 2.19 bits per heavy atom. The third-order valence-electron chi connectivity index (χ3n) is 3.71. The quantitative estimate of drug-likeness (QED) is 0.500. The standard InChI is InChI=1S/C15H21F3N4O4/c16-12-7-10(1-2-13(12)21-4-3-20-26-6-5-21)22(25)9-11(23)8-19-15(24)14(17)18/h1-2,7,11,14,20,23,25H,3-6,8-9H2,(H,19,24)/t11-/m0/s1. The number of anilines is 2. The van der Waals surface area contributed by atoms with Crippen LogP contribution in [0.3, 0.4) is 0 Å². The number of halogens is 3. The summed E-state index contributed by atoms with van der Waals surface area (Å²) < 4.78 is 38.5. The van der Waals surface area contributed by atoms with Crippen molar-refractivity contribution in [3.8, 4) is 0 Å². The van der Waals surface area contributed by atoms with Crippen molar-refractivity contribution in [2.24, 2.45) is 0 Å². The molecule has 1 aliphatic heterocycles. The first-order chi connectivity index (χ1) is 12.4. The highest BCUT2D eigenvalue weighted by Crippen LogP contribution is 2.24. The van der Waals surface area contributed by atoms with Gasteiger partial charge in [0.25, 0.3) is 5.91 Å². The number of carbonyl (C=O) groups excluding carboxylic acids is 1. The molecule has 1 fully saturated rings. The van der Waals surface area contributed by atoms with Crippen molar-refractivity contribution in [3.05, 3.63) is 24.0 Å². The van der Waals surface area contributed by atoms with E-state index in [1.165, 1.54) is 12.1 Å². The molecule has 0 aromatic heterocycles. The van der Waals surface area contributed by atoms with Crippen molar-refractivity contribution in [2.45, 2.75) is 12.5 Å². The van der Waals surface area contributed by atoms with E-state index < -0.39 is 37.3 Å². The highest BCUT2D eigenvalue weighted by atomic mass is 19.3. The molecule has 0 aliphatic carbocycles. The molecule has 0 unspecified atom stereocenters. The van der Waals surface area contributed by atoms with Crippen LogP contribution in [0.15, 0.2) is 18.2 Å². The molecule has 1 heterocycles. The van der Waals surface area contributed by atoms with E-state index >= 15 is 0 Å². The van der Waals surface area contributed by atoms with E-state index in [0.29, 0.717) is 37.0 Å². The third-order valence-corrected chi connectivity index (χ3v) is 3.71. The summed E-state index contributed by atoms with van der Waals surface area (Å²) in [6.45, 7) is 1.09. The van der Waals surface area contributed by atoms with Gasteiger partial charge in [0, 0.05) is 32.2 Å². The van der Waals surface area contributed by atoms with Crippen molar-refractivity contribution in [3.63, 3.8) is 0 Å². The Labute approximate surface area is 148 Å². The van der Waals surface area contributed by atoms with Gasteiger partial charge in [-0.05, 0) is 12.1 Å². The second-order valence-corrected chi connectivity index (χ2v) is 5.65. The van der Waals surface area contributed by atoms with Crippen LogP contribution < -0.4 is 20.8 Å². The van der Waals surface area contributed by atoms with Crippen LogP contribution >= 0.6 is 0 Å². The lowest BCUT2D eigenvalue weighted by Crippen LogP contribution is -2.41. The van der Waals surface area contributed by atoms with Crippen molar-refractivity contribution >= 4 is 17.3 Å². The van der Waals surface area contributed by atoms with Crippen molar-refractivity contribution in [1.82, 2.24) is 10.8 Å². The number of nitrogens with one attached hydrogen (secondary N) is 2. The number of hydrogen-bond acceptors (Lipinski definition) is 7. The van der Waals surface area contributed by atoms with Gasteiger partial charge in [0.1, 0.15) is 5.82 Å². The molecule has 0 spiro atoms. The van der Waals surface area contributed by atoms with Crippen LogP contribution in [0, 0.1) is 5.82 Å². The summed E-state index contributed by atoms with van der Waals surface area (Å²) >= 11 is 0. The number of amides is 1. The molecule has 1 aliphatic rings. The molecule has 0 saturated carbocycles. The van der Waals surface area contributed by atoms with E-state index in [1.807, 2.05) is 5.32 Å². The highest BCUT2D eigenvalue weighted by molar-refractivity contribution is 5.79. The summed E-state index contributed by atoms with van der Waals surface area (Å²) in [4.78, 5) is 17.6. The van der Waals surface area contributed by atoms with Crippen LogP contribution in [0.4, 0.5) is 24.5 Å². The zero-order chi connectivity index (χ0) is 19.1. The molecular weight excluding hydrogens is 357 g/mol. The monoisotopic (exact) mass is 378 g/mol. The Hall–Kier alpha value is -2.08. The van der Waals surface area contributed by atoms with Crippen LogP contribution in [0.1, 0.15) is 0 Å². The van der Waals surface area contributed by atoms with E-state index in [0.717, 1.165) is 6.07 Å². The summed E-state index contributed by atoms with van der Waals surface area (Å²) in [5, 5.41) is 22.0. The molecule has 1 aromatic carbocycles. The van der Waals surface area contributed by atoms with Crippen molar-refractivity contribution < 1.29 is 33.1 Å². The first-order valence-electron chi connectivity index (χ1n) is 7.98. The minimum absolute atomic E-state index is 0.0784. The van der Waals surface area contributed by atoms with Gasteiger partial charge in [-0.1, -0.05) is 0 Å². The normalized spacial score (nSPS) is 16.3. The van der Waals surface area contributed by atoms with Crippen molar-refractivity contribution in [2.75, 3.05) is 49.3 Å². The minimum atomic E-state index is -3.19. The molecule has 1 saturated heterocycles. The lowest BCUT2D eigenvalue weighted by atomic mass is 10.2. The zero-order valence-electron chi connectivity index (χ0n) is 13.9. The predicted octanol–water partition coefficient (Wildman–Crippen LogP) is 0.105. The molecule has 8 nitrogen and oxygen atoms in total. The molecule has 4 N–H and O–H groups in total. The van der Waals surface area contributed by atoms with Crippen molar-refractivity contribution in [1.29, 1.82) is 0 Å². The van der Waals surface area contributed by atoms with E-state index in [2.05, 4.69) is 5.48 Å². The predicted molar refractivity (Wildman–Crippen MR) is 86.7 cm³/mol. The Bertz CT molecular complexity index is 600. The zero-order valence-corrected chi connectivity index (χ0v) is 13.9. The van der Waals surface area contributed by atoms with Gasteiger partial charge in [0.15, 0.2) is 0 Å². The molecule has 0 bridgehead atoms. The van der Waals surface area contributed by atoms with Gasteiger partial charge >= 0.3 is 6.43 Å². The van der Waals surface area contributed by atoms with E-state index in [9.17, 15) is 28.3 Å². The number of rotatable bonds is 7. The topological polar surface area (TPSA) is 97.3 Å². The number of alkyl halides is 2. The number of aliphatic hydroxyl groups is 1. The molecular formula is C15H21F3N4O4. The summed E-state index contributed by atoms with van der Waals surface area (Å²) in [7, 11) is 0. The lowest BCUT2D eigenvalue weighted by molar-refractivity contribution is -0.132. The molecule has 2 rings (SSSR count). The van der Waals surface area contributed by atoms with Gasteiger partial charge in [0.05, 0.1) is 30.6 Å². The molecule has 1 atom stereocenters. The summed E-state index contributed by atoms with van der Waals surface area (Å²) in [6.07, 6.45) is -4.51. The maximum atomic E-state index is 14.4. The fourth-order valence-corrected chi connectivity index (χ4v) is 2.41. The highest BCUT2D eigenvalue weighted by Gasteiger charge is 2.19. The van der Waals surface area contributed by atoms with E-state index in [1.54, 1.807) is 4.90 Å². The number of hydrogen-bond donors (Lipinski definition) is 4. The minimum Gasteiger partial charge on any atom is -0.389 e. The Balaban J connectivity index is 1.93. The van der Waals surface area contributed by atoms with Gasteiger partial charge in [-0.2, -0.15) is 8.78 Å². The Kier molecular flexibility index (Phi) is 7.45. The van der Waals surface area contributed by atoms with Crippen LogP contribution in [0.5, 0.6) is 0 Å². The second-order valence-electron chi connectivity index (χ2n) is 5.65. The molecule has 11 heteroatoms. The molecule has 146 valence electrons. The van der Waals surface area contributed by atoms with E-state index in [-0.39, 0.29) is 5.69 Å². The average Bonchev–Trinajstić information content (AvgIpc) is 2.88. The number of benzene rings is 1. The van der Waals surface area contributed by atoms with Gasteiger partial charge in [-0.3, -0.25) is 19.9 Å². The first kappa shape index (κ1) is 20.2. The molecule has 26 heavy (non-hydrogen) atoms. The number of nitrogens with zero attached hydrogens (tertiary/aromatic N) is 2. The van der Waals surface area contributed by atoms with Gasteiger partial charge < -0.3 is 15.3 Å². The van der Waals surface area contributed by atoms with Crippen LogP contribution in [-0.4, -0.2) is 68.1 Å². The van der Waals surface area contributed by atoms with Crippen LogP contribution in [0.25, 0.3) is 0 Å². The SMILES string of the molecule is O=C(NC[C@H](O)CN(O)c1ccc(N2CCNOCC2)c(F)c1)C(F)F. The van der Waals surface area contributed by atoms with Gasteiger partial charge in [-0.25, -0.2) is 9.87 Å². The fraction of sp³-hybridized carbons (Fsp3) is 0.533. The largest absolute Gasteiger partial charge is 0.389 e. The summed E-state index contributed by atoms with van der Waals surface area (Å²) in [6, 6.07) is 4.05. The summed E-state index contributed by atoms with van der Waals surface area (Å²) in [5.41, 5.74) is 3.15. The third kappa shape index (κ3) is 5.73. The maximum Gasteiger partial charge on any atom is 0.315 e. The number of aliphatic hydroxyl groups excluding tert-OH is 1. The van der Waals surface area contributed by atoms with E-state index in [4.69, 9.17) is 4.84 Å². The fourth-order valence-electron chi connectivity index (χ4n) is 2.41. The van der Waals surface area contributed by atoms with Crippen LogP contribution in [0.2, 0.25) is 0 Å². The summed E-state index contributed by atoms with van der Waals surface area (Å²) in [5.74, 6) is -2.08. The molecule has 1 amide bonds. The smallest absolute Gasteiger partial charge is 0.315 e. The second kappa shape index (κ2) is 9.57. The number of carbonyl (C=O) groups is 1. The maximum absolute atomic E-state index is 14.4. The van der Waals surface area contributed by atoms with Gasteiger partial charge in [-0.15, -0.1) is 0 Å². The lowest BCUT2D eigenvalue weighted by Gasteiger charge is -2.24. The average molecular weight is 378 g/mol. The first-order valence-corrected chi connectivity index (χ1v) is 7.98. The molecule has 0 radical (unpaired) electrons. The Morgan fingerprint density at radius 3 is 2.88 bits per heavy atom. The molecule has 1 aromatic rings.